The molecule has 4 rings (SSSR count). The Kier molecular flexibility index (Phi) is 11.7. The highest BCUT2D eigenvalue weighted by atomic mass is 35.5. The SMILES string of the molecule is CCOC(=O)C1=C(C)NC(=O)N[C@H]1c1ccc(OCC(=O)N/N=C\c2cc(Cl)c(OCc3ccc(Cl)cc3)c(OC)c2)c(OC)c1. The minimum atomic E-state index is -0.787. The van der Waals surface area contributed by atoms with Crippen LogP contribution in [0.25, 0.3) is 0 Å². The fourth-order valence-electron chi connectivity index (χ4n) is 4.45. The van der Waals surface area contributed by atoms with Crippen LogP contribution in [0.1, 0.15) is 36.6 Å². The van der Waals surface area contributed by atoms with E-state index in [1.165, 1.54) is 20.4 Å². The number of halogens is 2. The smallest absolute Gasteiger partial charge is 0.338 e. The van der Waals surface area contributed by atoms with Crippen LogP contribution in [0.2, 0.25) is 10.0 Å². The Morgan fingerprint density at radius 1 is 0.978 bits per heavy atom. The highest BCUT2D eigenvalue weighted by molar-refractivity contribution is 6.32. The molecule has 0 saturated heterocycles. The zero-order chi connectivity index (χ0) is 33.2. The maximum Gasteiger partial charge on any atom is 0.338 e. The van der Waals surface area contributed by atoms with E-state index in [4.69, 9.17) is 46.9 Å². The van der Waals surface area contributed by atoms with Gasteiger partial charge in [-0.05, 0) is 66.9 Å². The van der Waals surface area contributed by atoms with Gasteiger partial charge in [0.15, 0.2) is 29.6 Å². The summed E-state index contributed by atoms with van der Waals surface area (Å²) in [5.74, 6) is 0.180. The van der Waals surface area contributed by atoms with Crippen molar-refractivity contribution >= 4 is 47.3 Å². The largest absolute Gasteiger partial charge is 0.493 e. The quantitative estimate of drug-likeness (QED) is 0.126. The maximum absolute atomic E-state index is 12.6. The molecule has 14 heteroatoms. The molecule has 46 heavy (non-hydrogen) atoms. The summed E-state index contributed by atoms with van der Waals surface area (Å²) in [7, 11) is 2.92. The van der Waals surface area contributed by atoms with Crippen molar-refractivity contribution in [3.05, 3.63) is 92.6 Å². The number of hydrogen-bond acceptors (Lipinski definition) is 9. The first-order chi connectivity index (χ1) is 22.1. The van der Waals surface area contributed by atoms with E-state index in [1.54, 1.807) is 56.3 Å². The first kappa shape index (κ1) is 33.9. The first-order valence-corrected chi connectivity index (χ1v) is 14.7. The average molecular weight is 672 g/mol. The van der Waals surface area contributed by atoms with Crippen molar-refractivity contribution in [3.63, 3.8) is 0 Å². The number of esters is 1. The Hall–Kier alpha value is -4.94. The van der Waals surface area contributed by atoms with Crippen molar-refractivity contribution in [2.24, 2.45) is 5.10 Å². The van der Waals surface area contributed by atoms with Crippen LogP contribution in [-0.4, -0.2) is 51.6 Å². The van der Waals surface area contributed by atoms with Crippen molar-refractivity contribution < 1.29 is 38.1 Å². The van der Waals surface area contributed by atoms with Gasteiger partial charge in [-0.2, -0.15) is 5.10 Å². The van der Waals surface area contributed by atoms with Gasteiger partial charge in [-0.3, -0.25) is 4.79 Å². The molecule has 242 valence electrons. The Morgan fingerprint density at radius 3 is 2.41 bits per heavy atom. The molecule has 0 saturated carbocycles. The van der Waals surface area contributed by atoms with E-state index in [-0.39, 0.29) is 36.9 Å². The number of rotatable bonds is 13. The first-order valence-electron chi connectivity index (χ1n) is 14.0. The monoisotopic (exact) mass is 670 g/mol. The summed E-state index contributed by atoms with van der Waals surface area (Å²) >= 11 is 12.4. The lowest BCUT2D eigenvalue weighted by Crippen LogP contribution is -2.45. The molecule has 12 nitrogen and oxygen atoms in total. The molecule has 1 aliphatic rings. The van der Waals surface area contributed by atoms with Crippen LogP contribution in [0.3, 0.4) is 0 Å². The molecule has 3 N–H and O–H groups in total. The van der Waals surface area contributed by atoms with Gasteiger partial charge in [0.2, 0.25) is 0 Å². The normalized spacial score (nSPS) is 14.3. The van der Waals surface area contributed by atoms with E-state index in [9.17, 15) is 14.4 Å². The number of benzene rings is 3. The fourth-order valence-corrected chi connectivity index (χ4v) is 4.85. The van der Waals surface area contributed by atoms with Crippen LogP contribution in [0, 0.1) is 0 Å². The van der Waals surface area contributed by atoms with Crippen LogP contribution < -0.4 is 35.0 Å². The summed E-state index contributed by atoms with van der Waals surface area (Å²) in [6, 6.07) is 14.1. The Labute approximate surface area is 275 Å². The number of ether oxygens (including phenoxy) is 5. The summed E-state index contributed by atoms with van der Waals surface area (Å²) < 4.78 is 27.6. The lowest BCUT2D eigenvalue weighted by molar-refractivity contribution is -0.139. The highest BCUT2D eigenvalue weighted by Gasteiger charge is 2.32. The average Bonchev–Trinajstić information content (AvgIpc) is 3.03. The van der Waals surface area contributed by atoms with Gasteiger partial charge in [-0.15, -0.1) is 0 Å². The second kappa shape index (κ2) is 15.9. The van der Waals surface area contributed by atoms with Crippen LogP contribution in [0.5, 0.6) is 23.0 Å². The molecule has 0 radical (unpaired) electrons. The predicted molar refractivity (Wildman–Crippen MR) is 172 cm³/mol. The Balaban J connectivity index is 1.37. The van der Waals surface area contributed by atoms with Crippen LogP contribution in [0.15, 0.2) is 71.0 Å². The molecule has 0 unspecified atom stereocenters. The summed E-state index contributed by atoms with van der Waals surface area (Å²) in [5, 5.41) is 10.2. The third kappa shape index (κ3) is 8.61. The number of urea groups is 1. The van der Waals surface area contributed by atoms with Crippen LogP contribution >= 0.6 is 23.2 Å². The number of hydrazone groups is 1. The molecule has 1 heterocycles. The number of allylic oxidation sites excluding steroid dienone is 1. The van der Waals surface area contributed by atoms with E-state index >= 15 is 0 Å². The third-order valence-corrected chi connectivity index (χ3v) is 7.13. The lowest BCUT2D eigenvalue weighted by atomic mass is 9.95. The van der Waals surface area contributed by atoms with E-state index < -0.39 is 23.9 Å². The van der Waals surface area contributed by atoms with Gasteiger partial charge in [0, 0.05) is 10.7 Å². The zero-order valence-corrected chi connectivity index (χ0v) is 27.0. The molecule has 3 aromatic rings. The standard InChI is InChI=1S/C32H32Cl2N4O8/c1-5-44-31(40)28-18(2)36-32(41)37-29(28)21-8-11-24(25(14-21)42-3)45-17-27(39)38-35-15-20-12-23(34)30(26(13-20)43-4)46-16-19-6-9-22(33)10-7-19/h6-15,29H,5,16-17H2,1-4H3,(H,38,39)(H2,36,37,41)/b35-15-/t29-/m0/s1. The molecule has 1 atom stereocenters. The third-order valence-electron chi connectivity index (χ3n) is 6.60. The summed E-state index contributed by atoms with van der Waals surface area (Å²) in [5.41, 5.74) is 5.03. The van der Waals surface area contributed by atoms with Gasteiger partial charge in [-0.25, -0.2) is 15.0 Å². The van der Waals surface area contributed by atoms with Gasteiger partial charge in [0.05, 0.1) is 43.7 Å². The van der Waals surface area contributed by atoms with Gasteiger partial charge in [0.25, 0.3) is 5.91 Å². The van der Waals surface area contributed by atoms with Crippen LogP contribution in [0.4, 0.5) is 4.79 Å². The van der Waals surface area contributed by atoms with Crippen molar-refractivity contribution in [1.29, 1.82) is 0 Å². The zero-order valence-electron chi connectivity index (χ0n) is 25.4. The number of carbonyl (C=O) groups excluding carboxylic acids is 3. The number of methoxy groups -OCH3 is 2. The molecule has 0 bridgehead atoms. The molecule has 0 aromatic heterocycles. The fraction of sp³-hybridized carbons (Fsp3) is 0.250. The molecule has 3 aromatic carbocycles. The Morgan fingerprint density at radius 2 is 1.72 bits per heavy atom. The van der Waals surface area contributed by atoms with Gasteiger partial charge in [0.1, 0.15) is 6.61 Å². The van der Waals surface area contributed by atoms with E-state index in [2.05, 4.69) is 21.2 Å². The molecule has 0 spiro atoms. The molecule has 0 fully saturated rings. The van der Waals surface area contributed by atoms with Crippen molar-refractivity contribution in [1.82, 2.24) is 16.1 Å². The second-order valence-corrected chi connectivity index (χ2v) is 10.6. The number of nitrogens with zero attached hydrogens (tertiary/aromatic N) is 1. The van der Waals surface area contributed by atoms with E-state index in [0.29, 0.717) is 38.4 Å². The summed E-state index contributed by atoms with van der Waals surface area (Å²) in [4.78, 5) is 37.3. The van der Waals surface area contributed by atoms with E-state index in [0.717, 1.165) is 5.56 Å². The number of amides is 3. The van der Waals surface area contributed by atoms with E-state index in [1.807, 2.05) is 12.1 Å². The van der Waals surface area contributed by atoms with Crippen molar-refractivity contribution in [2.45, 2.75) is 26.5 Å². The maximum atomic E-state index is 12.6. The number of carbonyl (C=O) groups is 3. The molecule has 0 aliphatic carbocycles. The summed E-state index contributed by atoms with van der Waals surface area (Å²) in [6.07, 6.45) is 1.40. The van der Waals surface area contributed by atoms with Crippen molar-refractivity contribution in [2.75, 3.05) is 27.4 Å². The molecular formula is C32H32Cl2N4O8. The number of hydrogen-bond donors (Lipinski definition) is 3. The molecular weight excluding hydrogens is 639 g/mol. The topological polar surface area (TPSA) is 146 Å². The predicted octanol–water partition coefficient (Wildman–Crippen LogP) is 5.31. The van der Waals surface area contributed by atoms with Gasteiger partial charge < -0.3 is 34.3 Å². The Bertz CT molecular complexity index is 1660. The second-order valence-electron chi connectivity index (χ2n) is 9.73. The highest BCUT2D eigenvalue weighted by Crippen LogP contribution is 2.37. The minimum Gasteiger partial charge on any atom is -0.493 e. The minimum absolute atomic E-state index is 0.174. The van der Waals surface area contributed by atoms with Gasteiger partial charge >= 0.3 is 12.0 Å². The molecule has 3 amide bonds. The summed E-state index contributed by atoms with van der Waals surface area (Å²) in [6.45, 7) is 3.36. The lowest BCUT2D eigenvalue weighted by Gasteiger charge is -2.28. The number of nitrogens with one attached hydrogen (secondary N) is 3. The van der Waals surface area contributed by atoms with Gasteiger partial charge in [-0.1, -0.05) is 41.4 Å². The van der Waals surface area contributed by atoms with Crippen LogP contribution in [-0.2, 0) is 20.9 Å². The molecule has 1 aliphatic heterocycles. The van der Waals surface area contributed by atoms with Crippen molar-refractivity contribution in [3.8, 4) is 23.0 Å².